The van der Waals surface area contributed by atoms with Gasteiger partial charge in [0.15, 0.2) is 0 Å². The van der Waals surface area contributed by atoms with Gasteiger partial charge in [-0.2, -0.15) is 0 Å². The number of hydrogen-bond donors (Lipinski definition) is 0. The summed E-state index contributed by atoms with van der Waals surface area (Å²) < 4.78 is 5.20. The van der Waals surface area contributed by atoms with Gasteiger partial charge in [0, 0.05) is 24.4 Å². The third-order valence-electron chi connectivity index (χ3n) is 5.12. The van der Waals surface area contributed by atoms with Crippen LogP contribution in [0.15, 0.2) is 12.2 Å². The van der Waals surface area contributed by atoms with Gasteiger partial charge in [-0.15, -0.1) is 0 Å². The highest BCUT2D eigenvalue weighted by Gasteiger charge is 2.29. The summed E-state index contributed by atoms with van der Waals surface area (Å²) in [6.45, 7) is 8.59. The van der Waals surface area contributed by atoms with Gasteiger partial charge in [-0.25, -0.2) is 4.79 Å². The smallest absolute Gasteiger partial charge is 0.410 e. The summed E-state index contributed by atoms with van der Waals surface area (Å²) >= 11 is 0. The molecule has 1 heterocycles. The van der Waals surface area contributed by atoms with Gasteiger partial charge in [0.1, 0.15) is 18.2 Å². The third kappa shape index (κ3) is 7.84. The second-order valence-corrected chi connectivity index (χ2v) is 7.63. The standard InChI is InChI=1S/C20H33NO4/c1-16(22)18-11-13-21(15-18)19(24)25-14-10-8-6-5-7-9-12-20(3,4)17(2)23/h8,10,18H,5-7,9,11-15H2,1-4H3/b10-8+. The van der Waals surface area contributed by atoms with Gasteiger partial charge in [-0.05, 0) is 39.5 Å². The molecule has 1 amide bonds. The Balaban J connectivity index is 2.06. The van der Waals surface area contributed by atoms with Gasteiger partial charge < -0.3 is 9.64 Å². The summed E-state index contributed by atoms with van der Waals surface area (Å²) in [5.74, 6) is 0.361. The molecule has 0 bridgehead atoms. The molecule has 142 valence electrons. The fourth-order valence-corrected chi connectivity index (χ4v) is 2.84. The monoisotopic (exact) mass is 351 g/mol. The molecule has 1 rings (SSSR count). The molecular weight excluding hydrogens is 318 g/mol. The molecule has 0 aromatic heterocycles. The van der Waals surface area contributed by atoms with E-state index in [-0.39, 0.29) is 35.6 Å². The summed E-state index contributed by atoms with van der Waals surface area (Å²) in [5, 5.41) is 0. The predicted molar refractivity (Wildman–Crippen MR) is 98.4 cm³/mol. The van der Waals surface area contributed by atoms with Gasteiger partial charge in [0.05, 0.1) is 0 Å². The Bertz CT molecular complexity index is 496. The third-order valence-corrected chi connectivity index (χ3v) is 5.12. The maximum atomic E-state index is 11.9. The highest BCUT2D eigenvalue weighted by molar-refractivity contribution is 5.81. The fourth-order valence-electron chi connectivity index (χ4n) is 2.84. The summed E-state index contributed by atoms with van der Waals surface area (Å²) in [6.07, 6.45) is 9.42. The Labute approximate surface area is 151 Å². The van der Waals surface area contributed by atoms with Crippen LogP contribution < -0.4 is 0 Å². The minimum absolute atomic E-state index is 0.0314. The zero-order valence-corrected chi connectivity index (χ0v) is 16.2. The number of nitrogens with zero attached hydrogens (tertiary/aromatic N) is 1. The van der Waals surface area contributed by atoms with E-state index in [9.17, 15) is 14.4 Å². The number of rotatable bonds is 10. The quantitative estimate of drug-likeness (QED) is 0.438. The van der Waals surface area contributed by atoms with Crippen molar-refractivity contribution in [3.63, 3.8) is 0 Å². The molecule has 0 spiro atoms. The van der Waals surface area contributed by atoms with Crippen molar-refractivity contribution in [3.8, 4) is 0 Å². The van der Waals surface area contributed by atoms with Gasteiger partial charge in [0.2, 0.25) is 0 Å². The zero-order chi connectivity index (χ0) is 18.9. The van der Waals surface area contributed by atoms with E-state index in [0.29, 0.717) is 13.1 Å². The van der Waals surface area contributed by atoms with Crippen LogP contribution in [0.5, 0.6) is 0 Å². The minimum Gasteiger partial charge on any atom is -0.445 e. The van der Waals surface area contributed by atoms with E-state index in [1.807, 2.05) is 26.0 Å². The zero-order valence-electron chi connectivity index (χ0n) is 16.2. The second-order valence-electron chi connectivity index (χ2n) is 7.63. The molecule has 1 unspecified atom stereocenters. The van der Waals surface area contributed by atoms with E-state index >= 15 is 0 Å². The Morgan fingerprint density at radius 2 is 1.84 bits per heavy atom. The fraction of sp³-hybridized carbons (Fsp3) is 0.750. The van der Waals surface area contributed by atoms with Crippen LogP contribution in [0, 0.1) is 11.3 Å². The van der Waals surface area contributed by atoms with Crippen LogP contribution in [-0.2, 0) is 14.3 Å². The molecule has 0 aliphatic carbocycles. The van der Waals surface area contributed by atoms with Gasteiger partial charge in [-0.3, -0.25) is 9.59 Å². The Morgan fingerprint density at radius 1 is 1.12 bits per heavy atom. The number of ketones is 2. The molecule has 1 atom stereocenters. The lowest BCUT2D eigenvalue weighted by Crippen LogP contribution is -2.30. The van der Waals surface area contributed by atoms with E-state index < -0.39 is 0 Å². The average molecular weight is 351 g/mol. The predicted octanol–water partition coefficient (Wildman–Crippen LogP) is 4.16. The topological polar surface area (TPSA) is 63.7 Å². The van der Waals surface area contributed by atoms with E-state index in [1.165, 1.54) is 0 Å². The number of Topliss-reactive ketones (excluding diaryl/α,β-unsaturated/α-hetero) is 2. The minimum atomic E-state index is -0.333. The largest absolute Gasteiger partial charge is 0.445 e. The van der Waals surface area contributed by atoms with Crippen LogP contribution in [0.3, 0.4) is 0 Å². The lowest BCUT2D eigenvalue weighted by Gasteiger charge is -2.20. The number of ether oxygens (including phenoxy) is 1. The van der Waals surface area contributed by atoms with Gasteiger partial charge in [0.25, 0.3) is 0 Å². The van der Waals surface area contributed by atoms with Crippen molar-refractivity contribution in [2.24, 2.45) is 11.3 Å². The van der Waals surface area contributed by atoms with Crippen molar-refractivity contribution in [3.05, 3.63) is 12.2 Å². The van der Waals surface area contributed by atoms with Crippen molar-refractivity contribution in [1.29, 1.82) is 0 Å². The van der Waals surface area contributed by atoms with Crippen molar-refractivity contribution >= 4 is 17.7 Å². The van der Waals surface area contributed by atoms with Gasteiger partial charge in [-0.1, -0.05) is 38.8 Å². The lowest BCUT2D eigenvalue weighted by atomic mass is 9.83. The first-order chi connectivity index (χ1) is 11.7. The molecule has 0 radical (unpaired) electrons. The number of likely N-dealkylation sites (tertiary alicyclic amines) is 1. The van der Waals surface area contributed by atoms with E-state index in [4.69, 9.17) is 4.74 Å². The van der Waals surface area contributed by atoms with E-state index in [0.717, 1.165) is 38.5 Å². The van der Waals surface area contributed by atoms with Crippen LogP contribution >= 0.6 is 0 Å². The molecule has 5 nitrogen and oxygen atoms in total. The Hall–Kier alpha value is -1.65. The lowest BCUT2D eigenvalue weighted by molar-refractivity contribution is -0.125. The first kappa shape index (κ1) is 21.4. The molecule has 1 fully saturated rings. The van der Waals surface area contributed by atoms with Crippen molar-refractivity contribution in [1.82, 2.24) is 4.90 Å². The molecule has 25 heavy (non-hydrogen) atoms. The van der Waals surface area contributed by atoms with E-state index in [1.54, 1.807) is 18.7 Å². The molecule has 0 aromatic carbocycles. The molecule has 1 aliphatic heterocycles. The Morgan fingerprint density at radius 3 is 2.44 bits per heavy atom. The number of carbonyl (C=O) groups is 3. The summed E-state index contributed by atoms with van der Waals surface area (Å²) in [6, 6.07) is 0. The molecule has 5 heteroatoms. The molecule has 1 aliphatic rings. The molecule has 0 aromatic rings. The maximum absolute atomic E-state index is 11.9. The summed E-state index contributed by atoms with van der Waals surface area (Å²) in [4.78, 5) is 36.2. The highest BCUT2D eigenvalue weighted by Crippen LogP contribution is 2.24. The number of amides is 1. The molecule has 0 saturated carbocycles. The van der Waals surface area contributed by atoms with Crippen LogP contribution in [0.2, 0.25) is 0 Å². The van der Waals surface area contributed by atoms with Crippen LogP contribution in [0.25, 0.3) is 0 Å². The second kappa shape index (κ2) is 10.4. The normalized spacial score (nSPS) is 17.9. The Kier molecular flexibility index (Phi) is 8.87. The SMILES string of the molecule is CC(=O)C1CCN(C(=O)OC/C=C/CCCCCC(C)(C)C(C)=O)C1. The summed E-state index contributed by atoms with van der Waals surface area (Å²) in [7, 11) is 0. The van der Waals surface area contributed by atoms with Crippen LogP contribution in [0.1, 0.15) is 66.2 Å². The van der Waals surface area contributed by atoms with Gasteiger partial charge >= 0.3 is 6.09 Å². The first-order valence-corrected chi connectivity index (χ1v) is 9.32. The highest BCUT2D eigenvalue weighted by atomic mass is 16.6. The van der Waals surface area contributed by atoms with Crippen molar-refractivity contribution in [2.45, 2.75) is 66.2 Å². The summed E-state index contributed by atoms with van der Waals surface area (Å²) in [5.41, 5.74) is -0.207. The number of carbonyl (C=O) groups excluding carboxylic acids is 3. The van der Waals surface area contributed by atoms with Crippen LogP contribution in [0.4, 0.5) is 4.79 Å². The van der Waals surface area contributed by atoms with Crippen molar-refractivity contribution < 1.29 is 19.1 Å². The maximum Gasteiger partial charge on any atom is 0.410 e. The molecule has 1 saturated heterocycles. The van der Waals surface area contributed by atoms with Crippen molar-refractivity contribution in [2.75, 3.05) is 19.7 Å². The number of allylic oxidation sites excluding steroid dienone is 1. The number of hydrogen-bond acceptors (Lipinski definition) is 4. The van der Waals surface area contributed by atoms with Crippen LogP contribution in [-0.4, -0.2) is 42.3 Å². The average Bonchev–Trinajstić information content (AvgIpc) is 3.03. The molecular formula is C20H33NO4. The molecule has 0 N–H and O–H groups in total. The first-order valence-electron chi connectivity index (χ1n) is 9.32. The number of unbranched alkanes of at least 4 members (excludes halogenated alkanes) is 3. The van der Waals surface area contributed by atoms with E-state index in [2.05, 4.69) is 0 Å².